The van der Waals surface area contributed by atoms with Crippen LogP contribution in [0.3, 0.4) is 0 Å². The van der Waals surface area contributed by atoms with Crippen molar-refractivity contribution in [1.29, 1.82) is 0 Å². The van der Waals surface area contributed by atoms with Crippen LogP contribution in [-0.2, 0) is 0 Å². The Balaban J connectivity index is 0.000000250. The van der Waals surface area contributed by atoms with Gasteiger partial charge in [-0.25, -0.2) is 0 Å². The van der Waals surface area contributed by atoms with Gasteiger partial charge in [-0.05, 0) is 0 Å². The van der Waals surface area contributed by atoms with E-state index in [-0.39, 0.29) is 18.9 Å². The van der Waals surface area contributed by atoms with Crippen LogP contribution in [0.2, 0.25) is 0 Å². The SMILES string of the molecule is [LiH].c1c[nH]nn1. The first kappa shape index (κ1) is 5.74. The molecule has 0 bridgehead atoms. The van der Waals surface area contributed by atoms with Crippen LogP contribution in [0.5, 0.6) is 0 Å². The van der Waals surface area contributed by atoms with E-state index in [4.69, 9.17) is 0 Å². The van der Waals surface area contributed by atoms with Crippen molar-refractivity contribution >= 4 is 18.9 Å². The van der Waals surface area contributed by atoms with Gasteiger partial charge in [0.2, 0.25) is 0 Å². The van der Waals surface area contributed by atoms with Gasteiger partial charge in [0, 0.05) is 6.20 Å². The summed E-state index contributed by atoms with van der Waals surface area (Å²) in [6, 6.07) is 0. The molecule has 0 spiro atoms. The van der Waals surface area contributed by atoms with E-state index in [0.29, 0.717) is 0 Å². The van der Waals surface area contributed by atoms with Gasteiger partial charge in [-0.1, -0.05) is 5.21 Å². The first-order chi connectivity index (χ1) is 2.50. The summed E-state index contributed by atoms with van der Waals surface area (Å²) in [7, 11) is 0. The molecule has 28 valence electrons. The van der Waals surface area contributed by atoms with Gasteiger partial charge in [-0.3, -0.25) is 5.10 Å². The summed E-state index contributed by atoms with van der Waals surface area (Å²) < 4.78 is 0. The fourth-order valence-electron chi connectivity index (χ4n) is 0.167. The molecule has 1 heterocycles. The molecule has 0 atom stereocenters. The number of aromatic nitrogens is 3. The second kappa shape index (κ2) is 2.95. The average Bonchev–Trinajstić information content (AvgIpc) is 1.76. The fraction of sp³-hybridized carbons (Fsp3) is 0. The third-order valence-corrected chi connectivity index (χ3v) is 0.331. The predicted molar refractivity (Wildman–Crippen MR) is 23.5 cm³/mol. The molecule has 0 amide bonds. The zero-order valence-corrected chi connectivity index (χ0v) is 2.55. The van der Waals surface area contributed by atoms with Crippen molar-refractivity contribution < 1.29 is 0 Å². The van der Waals surface area contributed by atoms with Crippen molar-refractivity contribution in [3.05, 3.63) is 12.4 Å². The zero-order chi connectivity index (χ0) is 3.54. The van der Waals surface area contributed by atoms with E-state index in [0.717, 1.165) is 0 Å². The van der Waals surface area contributed by atoms with Gasteiger partial charge in [0.15, 0.2) is 0 Å². The monoisotopic (exact) mass is 77.1 g/mol. The minimum absolute atomic E-state index is 0. The summed E-state index contributed by atoms with van der Waals surface area (Å²) in [5, 5.41) is 9.26. The van der Waals surface area contributed by atoms with Crippen LogP contribution < -0.4 is 0 Å². The van der Waals surface area contributed by atoms with Crippen LogP contribution in [-0.4, -0.2) is 34.3 Å². The molecule has 1 aromatic heterocycles. The maximum Gasteiger partial charge on any atom is 0.0690 e. The third kappa shape index (κ3) is 1.25. The molecule has 0 aliphatic heterocycles. The quantitative estimate of drug-likeness (QED) is 0.410. The Bertz CT molecular complexity index is 65.3. The van der Waals surface area contributed by atoms with Crippen LogP contribution >= 0.6 is 0 Å². The van der Waals surface area contributed by atoms with E-state index in [9.17, 15) is 0 Å². The molecule has 0 fully saturated rings. The summed E-state index contributed by atoms with van der Waals surface area (Å²) >= 11 is 0. The second-order valence-corrected chi connectivity index (χ2v) is 0.660. The van der Waals surface area contributed by atoms with Crippen LogP contribution in [0, 0.1) is 0 Å². The van der Waals surface area contributed by atoms with Crippen molar-refractivity contribution in [3.8, 4) is 0 Å². The van der Waals surface area contributed by atoms with E-state index in [1.807, 2.05) is 0 Å². The Morgan fingerprint density at radius 2 is 2.33 bits per heavy atom. The first-order valence-electron chi connectivity index (χ1n) is 1.30. The Hall–Kier alpha value is -0.263. The van der Waals surface area contributed by atoms with E-state index < -0.39 is 0 Å². The van der Waals surface area contributed by atoms with Crippen molar-refractivity contribution in [1.82, 2.24) is 15.4 Å². The molecule has 4 heteroatoms. The fourth-order valence-corrected chi connectivity index (χ4v) is 0.167. The largest absolute Gasteiger partial charge is 0.266 e. The minimum Gasteiger partial charge on any atom is -0.266 e. The first-order valence-corrected chi connectivity index (χ1v) is 1.30. The minimum atomic E-state index is 0. The molecule has 0 unspecified atom stereocenters. The number of nitrogens with zero attached hydrogens (tertiary/aromatic N) is 2. The summed E-state index contributed by atoms with van der Waals surface area (Å²) in [5.74, 6) is 0. The van der Waals surface area contributed by atoms with Crippen LogP contribution in [0.4, 0.5) is 0 Å². The number of nitrogens with one attached hydrogen (secondary N) is 1. The van der Waals surface area contributed by atoms with Gasteiger partial charge < -0.3 is 0 Å². The molecule has 3 nitrogen and oxygen atoms in total. The van der Waals surface area contributed by atoms with Crippen LogP contribution in [0.1, 0.15) is 0 Å². The summed E-state index contributed by atoms with van der Waals surface area (Å²) in [5.41, 5.74) is 0. The number of aromatic amines is 1. The van der Waals surface area contributed by atoms with E-state index >= 15 is 0 Å². The van der Waals surface area contributed by atoms with Gasteiger partial charge in [0.05, 0.1) is 6.20 Å². The molecule has 0 radical (unpaired) electrons. The second-order valence-electron chi connectivity index (χ2n) is 0.660. The number of hydrogen-bond donors (Lipinski definition) is 1. The third-order valence-electron chi connectivity index (χ3n) is 0.331. The molecule has 1 N–H and O–H groups in total. The molecule has 0 aliphatic carbocycles. The van der Waals surface area contributed by atoms with Gasteiger partial charge in [-0.15, -0.1) is 5.10 Å². The predicted octanol–water partition coefficient (Wildman–Crippen LogP) is -0.844. The van der Waals surface area contributed by atoms with Crippen molar-refractivity contribution in [2.45, 2.75) is 0 Å². The molecule has 0 aromatic carbocycles. The molecule has 0 aliphatic rings. The molecule has 1 aromatic rings. The van der Waals surface area contributed by atoms with Gasteiger partial charge >= 0.3 is 18.9 Å². The number of H-pyrrole nitrogens is 1. The van der Waals surface area contributed by atoms with Crippen molar-refractivity contribution in [3.63, 3.8) is 0 Å². The van der Waals surface area contributed by atoms with Gasteiger partial charge in [0.25, 0.3) is 0 Å². The number of rotatable bonds is 0. The van der Waals surface area contributed by atoms with Crippen LogP contribution in [0.25, 0.3) is 0 Å². The standard InChI is InChI=1S/C2H3N3.Li.H/c1-2-4-5-3-1;;/h1-2H,(H,3,4,5);;. The van der Waals surface area contributed by atoms with Crippen LogP contribution in [0.15, 0.2) is 12.4 Å². The molecule has 6 heavy (non-hydrogen) atoms. The molecular formula is C2H4LiN3. The Morgan fingerprint density at radius 1 is 1.50 bits per heavy atom. The maximum atomic E-state index is 3.42. The normalized spacial score (nSPS) is 6.67. The Labute approximate surface area is 47.3 Å². The van der Waals surface area contributed by atoms with E-state index in [1.54, 1.807) is 12.4 Å². The van der Waals surface area contributed by atoms with E-state index in [1.165, 1.54) is 0 Å². The molecule has 0 saturated carbocycles. The van der Waals surface area contributed by atoms with Gasteiger partial charge in [0.1, 0.15) is 0 Å². The maximum absolute atomic E-state index is 3.42. The Morgan fingerprint density at radius 3 is 2.50 bits per heavy atom. The molecule has 1 rings (SSSR count). The average molecular weight is 77.0 g/mol. The number of hydrogen-bond acceptors (Lipinski definition) is 2. The zero-order valence-electron chi connectivity index (χ0n) is 2.55. The smallest absolute Gasteiger partial charge is 0.0690 e. The van der Waals surface area contributed by atoms with Crippen molar-refractivity contribution in [2.75, 3.05) is 0 Å². The van der Waals surface area contributed by atoms with Crippen molar-refractivity contribution in [2.24, 2.45) is 0 Å². The topological polar surface area (TPSA) is 41.6 Å². The summed E-state index contributed by atoms with van der Waals surface area (Å²) in [6.45, 7) is 0. The van der Waals surface area contributed by atoms with E-state index in [2.05, 4.69) is 15.4 Å². The summed E-state index contributed by atoms with van der Waals surface area (Å²) in [4.78, 5) is 0. The summed E-state index contributed by atoms with van der Waals surface area (Å²) in [6.07, 6.45) is 3.24. The molecular weight excluding hydrogens is 73.0 g/mol. The van der Waals surface area contributed by atoms with Gasteiger partial charge in [-0.2, -0.15) is 0 Å². The molecule has 0 saturated heterocycles. The Kier molecular flexibility index (Phi) is 2.82.